The molecule has 0 heterocycles. The van der Waals surface area contributed by atoms with Crippen LogP contribution in [0.3, 0.4) is 0 Å². The summed E-state index contributed by atoms with van der Waals surface area (Å²) in [4.78, 5) is 2.36. The Bertz CT molecular complexity index is 69.0. The van der Waals surface area contributed by atoms with Crippen molar-refractivity contribution in [2.24, 2.45) is 5.11 Å². The summed E-state index contributed by atoms with van der Waals surface area (Å²) in [5.74, 6) is 0. The van der Waals surface area contributed by atoms with E-state index in [1.54, 1.807) is 0 Å². The molecular formula is C2H3N3. The first kappa shape index (κ1) is 4.05. The minimum atomic E-state index is 1.14. The van der Waals surface area contributed by atoms with Gasteiger partial charge in [0.1, 0.15) is 0 Å². The molecule has 0 aromatic rings. The molecule has 0 aliphatic rings. The molecule has 0 spiro atoms. The van der Waals surface area contributed by atoms with Crippen LogP contribution in [0.1, 0.15) is 0 Å². The van der Waals surface area contributed by atoms with Gasteiger partial charge in [0.25, 0.3) is 0 Å². The Morgan fingerprint density at radius 3 is 2.60 bits per heavy atom. The highest BCUT2D eigenvalue weighted by molar-refractivity contribution is 4.61. The Labute approximate surface area is 29.5 Å². The first-order valence-corrected chi connectivity index (χ1v) is 1.07. The highest BCUT2D eigenvalue weighted by Crippen LogP contribution is 1.61. The lowest BCUT2D eigenvalue weighted by Crippen LogP contribution is -1.22. The summed E-state index contributed by atoms with van der Waals surface area (Å²) >= 11 is 0. The Morgan fingerprint density at radius 1 is 2.00 bits per heavy atom. The summed E-state index contributed by atoms with van der Waals surface area (Å²) in [5.41, 5.74) is 7.45. The molecule has 5 heavy (non-hydrogen) atoms. The van der Waals surface area contributed by atoms with Crippen LogP contribution in [0.2, 0.25) is 0 Å². The van der Waals surface area contributed by atoms with Crippen LogP contribution in [0, 0.1) is 0 Å². The molecule has 0 aromatic heterocycles. The molecule has 0 atom stereocenters. The van der Waals surface area contributed by atoms with Crippen molar-refractivity contribution in [3.05, 3.63) is 23.2 Å². The maximum absolute atomic E-state index is 7.45. The average Bonchev–Trinajstić information content (AvgIpc) is 1.41. The number of hydrogen-bond donors (Lipinski definition) is 0. The van der Waals surface area contributed by atoms with E-state index in [1.807, 2.05) is 0 Å². The highest BCUT2D eigenvalue weighted by atomic mass is 15.1. The van der Waals surface area contributed by atoms with E-state index in [1.165, 1.54) is 0 Å². The van der Waals surface area contributed by atoms with Crippen LogP contribution in [0.4, 0.5) is 0 Å². The van der Waals surface area contributed by atoms with Gasteiger partial charge in [0, 0.05) is 4.91 Å². The van der Waals surface area contributed by atoms with Gasteiger partial charge in [0.15, 0.2) is 0 Å². The second kappa shape index (κ2) is 3.05. The molecular weight excluding hydrogens is 66.0 g/mol. The monoisotopic (exact) mass is 69.0 g/mol. The summed E-state index contributed by atoms with van der Waals surface area (Å²) in [6.45, 7) is 3.13. The third-order valence-electron chi connectivity index (χ3n) is 0.133. The smallest absolute Gasteiger partial charge is 0.00473 e. The molecule has 3 nitrogen and oxygen atoms in total. The standard InChI is InChI=1S/C2H3N3/c1-2-4-5-3/h2H,1H2. The van der Waals surface area contributed by atoms with E-state index in [2.05, 4.69) is 16.6 Å². The van der Waals surface area contributed by atoms with E-state index in [0.29, 0.717) is 0 Å². The number of nitrogens with zero attached hydrogens (tertiary/aromatic N) is 3. The molecule has 0 bridgehead atoms. The minimum Gasteiger partial charge on any atom is -0.0968 e. The molecule has 0 amide bonds. The maximum Gasteiger partial charge on any atom is 0.00473 e. The fourth-order valence-electron chi connectivity index (χ4n) is 0.0365. The summed E-state index contributed by atoms with van der Waals surface area (Å²) in [7, 11) is 0. The molecule has 0 rings (SSSR count). The SMILES string of the molecule is C=CN=[N+]=[N-]. The van der Waals surface area contributed by atoms with Gasteiger partial charge >= 0.3 is 0 Å². The van der Waals surface area contributed by atoms with Crippen molar-refractivity contribution in [1.82, 2.24) is 0 Å². The van der Waals surface area contributed by atoms with E-state index in [9.17, 15) is 0 Å². The predicted octanol–water partition coefficient (Wildman–Crippen LogP) is 1.44. The summed E-state index contributed by atoms with van der Waals surface area (Å²) in [6.07, 6.45) is 1.14. The zero-order valence-electron chi connectivity index (χ0n) is 2.63. The zero-order valence-corrected chi connectivity index (χ0v) is 2.63. The topological polar surface area (TPSA) is 48.8 Å². The molecule has 0 radical (unpaired) electrons. The summed E-state index contributed by atoms with van der Waals surface area (Å²) < 4.78 is 0. The zero-order chi connectivity index (χ0) is 4.12. The fourth-order valence-corrected chi connectivity index (χ4v) is 0.0365. The van der Waals surface area contributed by atoms with Gasteiger partial charge in [-0.15, -0.1) is 0 Å². The Balaban J connectivity index is 3.31. The first-order chi connectivity index (χ1) is 2.41. The molecule has 0 saturated carbocycles. The second-order valence-corrected chi connectivity index (χ2v) is 0.387. The van der Waals surface area contributed by atoms with Gasteiger partial charge < -0.3 is 0 Å². The van der Waals surface area contributed by atoms with Gasteiger partial charge in [0.05, 0.1) is 0 Å². The molecule has 3 heteroatoms. The van der Waals surface area contributed by atoms with Crippen LogP contribution in [-0.4, -0.2) is 0 Å². The lowest BCUT2D eigenvalue weighted by atomic mass is 11.1. The molecule has 0 saturated heterocycles. The highest BCUT2D eigenvalue weighted by Gasteiger charge is 1.38. The van der Waals surface area contributed by atoms with Crippen molar-refractivity contribution in [1.29, 1.82) is 0 Å². The van der Waals surface area contributed by atoms with Crippen LogP contribution in [0.5, 0.6) is 0 Å². The van der Waals surface area contributed by atoms with Gasteiger partial charge in [-0.05, 0) is 11.7 Å². The number of rotatable bonds is 1. The third kappa shape index (κ3) is 3.05. The van der Waals surface area contributed by atoms with Crippen LogP contribution in [0.15, 0.2) is 17.9 Å². The molecule has 0 aromatic carbocycles. The van der Waals surface area contributed by atoms with Gasteiger partial charge in [-0.25, -0.2) is 0 Å². The number of hydrogen-bond acceptors (Lipinski definition) is 1. The summed E-state index contributed by atoms with van der Waals surface area (Å²) in [6, 6.07) is 0. The van der Waals surface area contributed by atoms with E-state index >= 15 is 0 Å². The van der Waals surface area contributed by atoms with E-state index in [4.69, 9.17) is 5.53 Å². The molecule has 0 N–H and O–H groups in total. The van der Waals surface area contributed by atoms with Crippen molar-refractivity contribution >= 4 is 0 Å². The predicted molar refractivity (Wildman–Crippen MR) is 19.3 cm³/mol. The minimum absolute atomic E-state index is 1.14. The van der Waals surface area contributed by atoms with Gasteiger partial charge in [-0.2, -0.15) is 0 Å². The Morgan fingerprint density at radius 2 is 2.60 bits per heavy atom. The summed E-state index contributed by atoms with van der Waals surface area (Å²) in [5, 5.41) is 2.92. The molecule has 0 unspecified atom stereocenters. The lowest BCUT2D eigenvalue weighted by molar-refractivity contribution is 1.53. The lowest BCUT2D eigenvalue weighted by Gasteiger charge is -1.45. The Hall–Kier alpha value is -0.950. The van der Waals surface area contributed by atoms with Crippen molar-refractivity contribution in [2.75, 3.05) is 0 Å². The fraction of sp³-hybridized carbons (Fsp3) is 0. The maximum atomic E-state index is 7.45. The Kier molecular flexibility index (Phi) is 2.47. The van der Waals surface area contributed by atoms with Crippen LogP contribution < -0.4 is 0 Å². The van der Waals surface area contributed by atoms with Crippen molar-refractivity contribution in [3.8, 4) is 0 Å². The van der Waals surface area contributed by atoms with E-state index in [-0.39, 0.29) is 0 Å². The van der Waals surface area contributed by atoms with Gasteiger partial charge in [-0.3, -0.25) is 0 Å². The van der Waals surface area contributed by atoms with Gasteiger partial charge in [-0.1, -0.05) is 11.7 Å². The van der Waals surface area contributed by atoms with Crippen molar-refractivity contribution < 1.29 is 0 Å². The van der Waals surface area contributed by atoms with Gasteiger partial charge in [0.2, 0.25) is 0 Å². The molecule has 0 fully saturated rings. The largest absolute Gasteiger partial charge is 0.0968 e. The normalized spacial score (nSPS) is 4.80. The van der Waals surface area contributed by atoms with Crippen LogP contribution in [0.25, 0.3) is 10.4 Å². The first-order valence-electron chi connectivity index (χ1n) is 1.07. The molecule has 0 aliphatic heterocycles. The van der Waals surface area contributed by atoms with E-state index < -0.39 is 0 Å². The van der Waals surface area contributed by atoms with E-state index in [0.717, 1.165) is 6.20 Å². The number of azide groups is 1. The van der Waals surface area contributed by atoms with Crippen LogP contribution >= 0.6 is 0 Å². The second-order valence-electron chi connectivity index (χ2n) is 0.387. The van der Waals surface area contributed by atoms with Crippen molar-refractivity contribution in [2.45, 2.75) is 0 Å². The molecule has 26 valence electrons. The quantitative estimate of drug-likeness (QED) is 0.254. The molecule has 0 aliphatic carbocycles. The van der Waals surface area contributed by atoms with Crippen LogP contribution in [-0.2, 0) is 0 Å². The van der Waals surface area contributed by atoms with Crippen molar-refractivity contribution in [3.63, 3.8) is 0 Å². The average molecular weight is 69.1 g/mol. The third-order valence-corrected chi connectivity index (χ3v) is 0.133.